The van der Waals surface area contributed by atoms with Gasteiger partial charge in [-0.25, -0.2) is 0 Å². The summed E-state index contributed by atoms with van der Waals surface area (Å²) in [6.07, 6.45) is 4.20. The molecule has 20 heavy (non-hydrogen) atoms. The number of aryl methyl sites for hydroxylation is 2. The Labute approximate surface area is 124 Å². The normalized spacial score (nSPS) is 34.6. The molecule has 0 aromatic heterocycles. The average molecular weight is 271 g/mol. The zero-order valence-electron chi connectivity index (χ0n) is 13.7. The third kappa shape index (κ3) is 1.94. The number of fused-ring (bicyclic) bond motifs is 2. The van der Waals surface area contributed by atoms with Crippen LogP contribution >= 0.6 is 0 Å². The van der Waals surface area contributed by atoms with E-state index in [4.69, 9.17) is 0 Å². The van der Waals surface area contributed by atoms with E-state index in [0.29, 0.717) is 16.9 Å². The van der Waals surface area contributed by atoms with Gasteiger partial charge in [0, 0.05) is 12.6 Å². The van der Waals surface area contributed by atoms with Crippen molar-refractivity contribution in [3.05, 3.63) is 34.9 Å². The fourth-order valence-corrected chi connectivity index (χ4v) is 4.74. The molecule has 0 amide bonds. The molecule has 0 heterocycles. The molecule has 2 aliphatic rings. The molecule has 3 rings (SSSR count). The van der Waals surface area contributed by atoms with Crippen LogP contribution < -0.4 is 5.32 Å². The highest BCUT2D eigenvalue weighted by molar-refractivity contribution is 5.30. The lowest BCUT2D eigenvalue weighted by atomic mass is 9.69. The van der Waals surface area contributed by atoms with E-state index in [-0.39, 0.29) is 0 Å². The molecule has 3 atom stereocenters. The van der Waals surface area contributed by atoms with Crippen LogP contribution in [0.3, 0.4) is 0 Å². The van der Waals surface area contributed by atoms with Crippen LogP contribution in [-0.4, -0.2) is 6.04 Å². The highest BCUT2D eigenvalue weighted by Crippen LogP contribution is 2.65. The Bertz CT molecular complexity index is 516. The Kier molecular flexibility index (Phi) is 3.25. The fraction of sp³-hybridized carbons (Fsp3) is 0.684. The lowest BCUT2D eigenvalue weighted by molar-refractivity contribution is 0.120. The van der Waals surface area contributed by atoms with Gasteiger partial charge in [0.15, 0.2) is 0 Å². The highest BCUT2D eigenvalue weighted by atomic mass is 15.0. The summed E-state index contributed by atoms with van der Waals surface area (Å²) in [4.78, 5) is 0. The summed E-state index contributed by atoms with van der Waals surface area (Å²) >= 11 is 0. The second kappa shape index (κ2) is 4.59. The van der Waals surface area contributed by atoms with Crippen molar-refractivity contribution >= 4 is 0 Å². The van der Waals surface area contributed by atoms with Crippen molar-refractivity contribution in [2.75, 3.05) is 0 Å². The quantitative estimate of drug-likeness (QED) is 0.846. The molecule has 1 aromatic rings. The van der Waals surface area contributed by atoms with Crippen LogP contribution in [0.4, 0.5) is 0 Å². The molecule has 0 saturated heterocycles. The monoisotopic (exact) mass is 271 g/mol. The predicted molar refractivity (Wildman–Crippen MR) is 85.8 cm³/mol. The maximum atomic E-state index is 3.89. The summed E-state index contributed by atoms with van der Waals surface area (Å²) < 4.78 is 0. The SMILES string of the molecule is Cc1ccc(C)c(CNC2CC3CCC2(C)C3(C)C)c1. The first-order valence-electron chi connectivity index (χ1n) is 8.14. The summed E-state index contributed by atoms with van der Waals surface area (Å²) in [7, 11) is 0. The molecule has 2 bridgehead atoms. The van der Waals surface area contributed by atoms with E-state index in [1.165, 1.54) is 36.0 Å². The fourth-order valence-electron chi connectivity index (χ4n) is 4.74. The van der Waals surface area contributed by atoms with Crippen LogP contribution in [0.15, 0.2) is 18.2 Å². The lowest BCUT2D eigenvalue weighted by Crippen LogP contribution is -2.44. The van der Waals surface area contributed by atoms with E-state index >= 15 is 0 Å². The van der Waals surface area contributed by atoms with E-state index in [1.54, 1.807) is 0 Å². The largest absolute Gasteiger partial charge is 0.309 e. The standard InChI is InChI=1S/C19H29N/c1-13-6-7-14(2)15(10-13)12-20-17-11-16-8-9-19(17,5)18(16,3)4/h6-7,10,16-17,20H,8-9,11-12H2,1-5H3. The number of hydrogen-bond donors (Lipinski definition) is 1. The predicted octanol–water partition coefficient (Wildman–Crippen LogP) is 4.61. The molecule has 0 spiro atoms. The molecular formula is C19H29N. The number of hydrogen-bond acceptors (Lipinski definition) is 1. The zero-order chi connectivity index (χ0) is 14.5. The lowest BCUT2D eigenvalue weighted by Gasteiger charge is -2.39. The van der Waals surface area contributed by atoms with E-state index in [9.17, 15) is 0 Å². The van der Waals surface area contributed by atoms with Gasteiger partial charge < -0.3 is 5.32 Å². The molecule has 0 aliphatic heterocycles. The van der Waals surface area contributed by atoms with Crippen molar-refractivity contribution in [1.82, 2.24) is 5.32 Å². The molecule has 2 aliphatic carbocycles. The molecule has 3 unspecified atom stereocenters. The molecule has 2 fully saturated rings. The summed E-state index contributed by atoms with van der Waals surface area (Å²) in [5, 5.41) is 3.89. The van der Waals surface area contributed by atoms with E-state index in [0.717, 1.165) is 12.5 Å². The van der Waals surface area contributed by atoms with Gasteiger partial charge in [0.25, 0.3) is 0 Å². The van der Waals surface area contributed by atoms with Gasteiger partial charge in [-0.05, 0) is 61.0 Å². The summed E-state index contributed by atoms with van der Waals surface area (Å²) in [6, 6.07) is 7.49. The first kappa shape index (κ1) is 14.1. The third-order valence-corrected chi connectivity index (χ3v) is 6.84. The van der Waals surface area contributed by atoms with Gasteiger partial charge in [-0.3, -0.25) is 0 Å². The van der Waals surface area contributed by atoms with Gasteiger partial charge in [-0.2, -0.15) is 0 Å². The van der Waals surface area contributed by atoms with E-state index in [2.05, 4.69) is 58.1 Å². The van der Waals surface area contributed by atoms with Gasteiger partial charge in [-0.15, -0.1) is 0 Å². The van der Waals surface area contributed by atoms with Crippen molar-refractivity contribution in [2.45, 2.75) is 66.5 Å². The third-order valence-electron chi connectivity index (χ3n) is 6.84. The van der Waals surface area contributed by atoms with Crippen molar-refractivity contribution in [3.63, 3.8) is 0 Å². The molecular weight excluding hydrogens is 242 g/mol. The summed E-state index contributed by atoms with van der Waals surface area (Å²) in [5.41, 5.74) is 5.23. The second-order valence-electron chi connectivity index (χ2n) is 7.97. The van der Waals surface area contributed by atoms with Gasteiger partial charge in [0.1, 0.15) is 0 Å². The van der Waals surface area contributed by atoms with Crippen molar-refractivity contribution in [1.29, 1.82) is 0 Å². The summed E-state index contributed by atoms with van der Waals surface area (Å²) in [5.74, 6) is 0.920. The molecule has 1 heteroatoms. The Morgan fingerprint density at radius 3 is 2.55 bits per heavy atom. The van der Waals surface area contributed by atoms with Crippen molar-refractivity contribution in [3.8, 4) is 0 Å². The van der Waals surface area contributed by atoms with Gasteiger partial charge >= 0.3 is 0 Å². The molecule has 2 saturated carbocycles. The Hall–Kier alpha value is -0.820. The van der Waals surface area contributed by atoms with Crippen LogP contribution in [0.2, 0.25) is 0 Å². The first-order valence-corrected chi connectivity index (χ1v) is 8.14. The average Bonchev–Trinajstić information content (AvgIpc) is 2.72. The van der Waals surface area contributed by atoms with Gasteiger partial charge in [0.2, 0.25) is 0 Å². The number of benzene rings is 1. The highest BCUT2D eigenvalue weighted by Gasteiger charge is 2.60. The van der Waals surface area contributed by atoms with Crippen LogP contribution in [0.25, 0.3) is 0 Å². The minimum Gasteiger partial charge on any atom is -0.309 e. The second-order valence-corrected chi connectivity index (χ2v) is 7.97. The maximum absolute atomic E-state index is 3.89. The van der Waals surface area contributed by atoms with Crippen molar-refractivity contribution < 1.29 is 0 Å². The molecule has 1 N–H and O–H groups in total. The zero-order valence-corrected chi connectivity index (χ0v) is 13.7. The van der Waals surface area contributed by atoms with Gasteiger partial charge in [-0.1, -0.05) is 44.5 Å². The Morgan fingerprint density at radius 1 is 1.20 bits per heavy atom. The van der Waals surface area contributed by atoms with Crippen LogP contribution in [0.5, 0.6) is 0 Å². The Morgan fingerprint density at radius 2 is 1.95 bits per heavy atom. The Balaban J connectivity index is 1.73. The molecule has 110 valence electrons. The number of rotatable bonds is 3. The summed E-state index contributed by atoms with van der Waals surface area (Å²) in [6.45, 7) is 12.9. The van der Waals surface area contributed by atoms with Crippen LogP contribution in [0, 0.1) is 30.6 Å². The van der Waals surface area contributed by atoms with Crippen LogP contribution in [-0.2, 0) is 6.54 Å². The minimum atomic E-state index is 0.482. The van der Waals surface area contributed by atoms with Gasteiger partial charge in [0.05, 0.1) is 0 Å². The van der Waals surface area contributed by atoms with Crippen molar-refractivity contribution in [2.24, 2.45) is 16.7 Å². The topological polar surface area (TPSA) is 12.0 Å². The molecule has 1 nitrogen and oxygen atoms in total. The smallest absolute Gasteiger partial charge is 0.0211 e. The van der Waals surface area contributed by atoms with Crippen LogP contribution in [0.1, 0.15) is 56.7 Å². The molecule has 0 radical (unpaired) electrons. The maximum Gasteiger partial charge on any atom is 0.0211 e. The molecule has 1 aromatic carbocycles. The first-order chi connectivity index (χ1) is 9.34. The number of nitrogens with one attached hydrogen (secondary N) is 1. The van der Waals surface area contributed by atoms with E-state index < -0.39 is 0 Å². The van der Waals surface area contributed by atoms with E-state index in [1.807, 2.05) is 0 Å². The minimum absolute atomic E-state index is 0.482.